The van der Waals surface area contributed by atoms with Crippen molar-refractivity contribution in [1.82, 2.24) is 20.1 Å². The summed E-state index contributed by atoms with van der Waals surface area (Å²) in [7, 11) is 3.33. The zero-order valence-corrected chi connectivity index (χ0v) is 93.6. The molecule has 0 bridgehead atoms. The SMILES string of the molecule is CCCCCCCCCCCCC(CCCCCCCCCC)CCCCCNC(=O)c1c(-c2ccc(C3=NN(C)C(c4ccc(-c5cc(C=O)c6c(COC)c(C#N)cc7c6c5C(=O)N(CCCCCC(CCCCCCCCCC)CCCCCCCCCCCC)C7=O)s4)N=N3)s2)cc2c3c(c(C#N)cc(C=O)c13)C(=O)N(CCCCCC(CCCCCCCCCC)CCCCCCCCCCCC)C2=O. The Morgan fingerprint density at radius 2 is 0.717 bits per heavy atom. The Hall–Kier alpha value is -8.10. The molecule has 5 heterocycles. The first-order chi connectivity index (χ1) is 71.2. The molecule has 0 saturated carbocycles. The number of nitrogens with one attached hydrogen (secondary N) is 1. The van der Waals surface area contributed by atoms with Crippen LogP contribution in [0, 0.1) is 40.4 Å². The van der Waals surface area contributed by atoms with Gasteiger partial charge < -0.3 is 10.1 Å². The van der Waals surface area contributed by atoms with Gasteiger partial charge in [0, 0.05) is 98.5 Å². The second-order valence-electron chi connectivity index (χ2n) is 43.5. The van der Waals surface area contributed by atoms with E-state index in [4.69, 9.17) is 20.1 Å². The molecule has 19 heteroatoms. The first-order valence-electron chi connectivity index (χ1n) is 59.7. The highest BCUT2D eigenvalue weighted by molar-refractivity contribution is 7.17. The standard InChI is InChI=1S/C126H191N9O8S2/c1-9-15-21-27-33-39-42-48-54-63-73-97(72-60-51-45-36-30-24-18-12-4)78-66-57-69-85-129-122(138)118-105(91-107-117-114(118)102(94-136)88-101(93-128)115(117)125(141)134(124(107)140)86-70-58-67-79-98(74-61-52-46-37-31-25-19-13-5)76-64-55-49-43-40-34-28-22-16-10-2)110-81-83-111(144-110)120-130-131-121(133(7)132-120)112-84-82-109(145-112)104-90-103(95-137)113-108(96-143-8)100(92-127)89-106-116(113)119(104)126(142)135(123(106)139)87-71-59-68-80-99(75-62-53-47-38-32-26-20-14-6)77-65-56-50-44-41-35-29-23-17-11-3/h81-84,88-91,94-95,97-99,121H,9-80,85-87,96H2,1-8H3,(H,129,138). The van der Waals surface area contributed by atoms with Crippen molar-refractivity contribution in [3.63, 3.8) is 0 Å². The Kier molecular flexibility index (Phi) is 59.4. The predicted molar refractivity (Wildman–Crippen MR) is 607 cm³/mol. The number of amides is 5. The molecule has 6 aromatic rings. The molecular formula is C126H191N9O8S2. The average Bonchev–Trinajstić information content (AvgIpc) is 0.946. The number of azo groups is 1. The van der Waals surface area contributed by atoms with Crippen LogP contribution in [0.1, 0.15) is 609 Å². The van der Waals surface area contributed by atoms with Crippen molar-refractivity contribution in [1.29, 1.82) is 10.5 Å². The summed E-state index contributed by atoms with van der Waals surface area (Å²) in [5.74, 6) is -0.257. The van der Waals surface area contributed by atoms with E-state index < -0.39 is 35.7 Å². The fourth-order valence-electron chi connectivity index (χ4n) is 23.2. The van der Waals surface area contributed by atoms with Crippen molar-refractivity contribution in [2.24, 2.45) is 33.1 Å². The molecular weight excluding hydrogens is 1830 g/mol. The second-order valence-corrected chi connectivity index (χ2v) is 45.7. The van der Waals surface area contributed by atoms with Gasteiger partial charge in [-0.25, -0.2) is 0 Å². The minimum absolute atomic E-state index is 0.0221. The molecule has 9 rings (SSSR count). The lowest BCUT2D eigenvalue weighted by atomic mass is 9.83. The van der Waals surface area contributed by atoms with E-state index in [-0.39, 0.29) is 86.4 Å². The van der Waals surface area contributed by atoms with Gasteiger partial charge in [-0.1, -0.05) is 485 Å². The molecule has 800 valence electrons. The van der Waals surface area contributed by atoms with Crippen LogP contribution >= 0.6 is 22.7 Å². The molecule has 0 radical (unpaired) electrons. The summed E-state index contributed by atoms with van der Waals surface area (Å²) in [6.45, 7) is 14.4. The number of carbonyl (C=O) groups is 7. The molecule has 4 atom stereocenters. The Morgan fingerprint density at radius 1 is 0.379 bits per heavy atom. The van der Waals surface area contributed by atoms with Gasteiger partial charge in [0.2, 0.25) is 5.84 Å². The molecule has 145 heavy (non-hydrogen) atoms. The lowest BCUT2D eigenvalue weighted by Crippen LogP contribution is -2.41. The van der Waals surface area contributed by atoms with Crippen LogP contribution in [-0.4, -0.2) is 96.5 Å². The van der Waals surface area contributed by atoms with Crippen molar-refractivity contribution in [3.8, 4) is 33.0 Å². The zero-order chi connectivity index (χ0) is 103. The molecule has 17 nitrogen and oxygen atoms in total. The molecule has 0 saturated heterocycles. The number of ether oxygens (including phenoxy) is 1. The predicted octanol–water partition coefficient (Wildman–Crippen LogP) is 37.7. The molecule has 1 N–H and O–H groups in total. The summed E-state index contributed by atoms with van der Waals surface area (Å²) >= 11 is 2.69. The first kappa shape index (κ1) is 120. The van der Waals surface area contributed by atoms with Crippen molar-refractivity contribution in [2.45, 2.75) is 517 Å². The lowest BCUT2D eigenvalue weighted by molar-refractivity contribution is 0.0592. The van der Waals surface area contributed by atoms with Gasteiger partial charge in [0.1, 0.15) is 6.07 Å². The van der Waals surface area contributed by atoms with Crippen molar-refractivity contribution >= 4 is 92.2 Å². The van der Waals surface area contributed by atoms with Gasteiger partial charge in [0.25, 0.3) is 29.5 Å². The smallest absolute Gasteiger partial charge is 0.262 e. The normalized spacial score (nSPS) is 14.2. The van der Waals surface area contributed by atoms with Crippen LogP contribution in [0.5, 0.6) is 0 Å². The summed E-state index contributed by atoms with van der Waals surface area (Å²) < 4.78 is 5.68. The number of methoxy groups -OCH3 is 1. The van der Waals surface area contributed by atoms with Crippen LogP contribution in [0.3, 0.4) is 0 Å². The van der Waals surface area contributed by atoms with Gasteiger partial charge in [-0.05, 0) is 85.5 Å². The Morgan fingerprint density at radius 3 is 1.10 bits per heavy atom. The number of hydrogen-bond donors (Lipinski definition) is 1. The maximum Gasteiger partial charge on any atom is 0.262 e. The molecule has 0 aliphatic carbocycles. The molecule has 2 aromatic heterocycles. The summed E-state index contributed by atoms with van der Waals surface area (Å²) in [5, 5.41) is 42.6. The number of unbranched alkanes of at least 4 members (excludes halogenated alkanes) is 54. The van der Waals surface area contributed by atoms with E-state index in [2.05, 4.69) is 59.0 Å². The van der Waals surface area contributed by atoms with Gasteiger partial charge in [-0.3, -0.25) is 48.4 Å². The highest BCUT2D eigenvalue weighted by atomic mass is 32.1. The lowest BCUT2D eigenvalue weighted by Gasteiger charge is -2.30. The van der Waals surface area contributed by atoms with E-state index in [1.807, 2.05) is 31.3 Å². The quantitative estimate of drug-likeness (QED) is 0.0214. The number of thiophene rings is 2. The Balaban J connectivity index is 0.956. The van der Waals surface area contributed by atoms with E-state index in [1.165, 1.54) is 431 Å². The maximum atomic E-state index is 15.7. The number of carbonyl (C=O) groups excluding carboxylic acids is 7. The van der Waals surface area contributed by atoms with Gasteiger partial charge >= 0.3 is 0 Å². The minimum atomic E-state index is -0.735. The van der Waals surface area contributed by atoms with Crippen molar-refractivity contribution in [2.75, 3.05) is 33.8 Å². The third-order valence-electron chi connectivity index (χ3n) is 31.8. The zero-order valence-electron chi connectivity index (χ0n) is 92.0. The van der Waals surface area contributed by atoms with Crippen LogP contribution in [0.4, 0.5) is 0 Å². The van der Waals surface area contributed by atoms with Crippen LogP contribution in [-0.2, 0) is 11.3 Å². The van der Waals surface area contributed by atoms with Crippen molar-refractivity contribution in [3.05, 3.63) is 114 Å². The molecule has 4 aromatic carbocycles. The van der Waals surface area contributed by atoms with E-state index in [9.17, 15) is 20.1 Å². The Labute approximate surface area is 885 Å². The van der Waals surface area contributed by atoms with Gasteiger partial charge in [-0.15, -0.1) is 27.8 Å². The number of imide groups is 2. The highest BCUT2D eigenvalue weighted by Crippen LogP contribution is 2.48. The van der Waals surface area contributed by atoms with Gasteiger partial charge in [0.15, 0.2) is 18.7 Å². The number of aldehydes is 2. The number of amidine groups is 1. The molecule has 4 unspecified atom stereocenters. The third kappa shape index (κ3) is 39.3. The number of hydrazone groups is 1. The fourth-order valence-corrected chi connectivity index (χ4v) is 25.2. The van der Waals surface area contributed by atoms with E-state index in [1.54, 1.807) is 23.2 Å². The summed E-state index contributed by atoms with van der Waals surface area (Å²) in [4.78, 5) is 110. The summed E-state index contributed by atoms with van der Waals surface area (Å²) in [6.07, 6.45) is 90.0. The van der Waals surface area contributed by atoms with Crippen LogP contribution < -0.4 is 5.32 Å². The second kappa shape index (κ2) is 71.6. The molecule has 0 spiro atoms. The molecule has 3 aliphatic heterocycles. The molecule has 5 amide bonds. The average molecular weight is 2020 g/mol. The maximum absolute atomic E-state index is 15.7. The van der Waals surface area contributed by atoms with Crippen LogP contribution in [0.15, 0.2) is 63.9 Å². The van der Waals surface area contributed by atoms with Gasteiger partial charge in [0.05, 0.1) is 55.8 Å². The summed E-state index contributed by atoms with van der Waals surface area (Å²) in [5.41, 5.74) is 2.56. The van der Waals surface area contributed by atoms with Crippen LogP contribution in [0.2, 0.25) is 0 Å². The monoisotopic (exact) mass is 2020 g/mol. The van der Waals surface area contributed by atoms with Crippen molar-refractivity contribution < 1.29 is 38.3 Å². The topological polar surface area (TPSA) is 235 Å². The summed E-state index contributed by atoms with van der Waals surface area (Å²) in [6, 6.07) is 18.5. The van der Waals surface area contributed by atoms with Crippen LogP contribution in [0.25, 0.3) is 42.4 Å². The molecule has 0 fully saturated rings. The molecule has 3 aliphatic rings. The van der Waals surface area contributed by atoms with E-state index in [0.29, 0.717) is 85.5 Å². The first-order valence-corrected chi connectivity index (χ1v) is 61.3. The van der Waals surface area contributed by atoms with Gasteiger partial charge in [-0.2, -0.15) is 20.7 Å². The fraction of sp³-hybridized carbons (Fsp3) is 0.698. The Bertz CT molecular complexity index is 4990. The number of rotatable bonds is 87. The largest absolute Gasteiger partial charge is 0.380 e. The highest BCUT2D eigenvalue weighted by Gasteiger charge is 2.41. The number of nitrogens with zero attached hydrogens (tertiary/aromatic N) is 8. The van der Waals surface area contributed by atoms with E-state index in [0.717, 1.165) is 75.4 Å². The number of nitriles is 2. The van der Waals surface area contributed by atoms with E-state index >= 15 is 24.0 Å². The third-order valence-corrected chi connectivity index (χ3v) is 34.1. The number of hydrogen-bond acceptors (Lipinski definition) is 16. The number of benzene rings is 4. The minimum Gasteiger partial charge on any atom is -0.380 e.